The maximum Gasteiger partial charge on any atom is 0.264 e. The predicted molar refractivity (Wildman–Crippen MR) is 218 cm³/mol. The molecule has 4 heterocycles. The molecule has 3 N–H and O–H groups in total. The maximum absolute atomic E-state index is 13.3. The van der Waals surface area contributed by atoms with E-state index in [2.05, 4.69) is 27.5 Å². The van der Waals surface area contributed by atoms with E-state index in [1.165, 1.54) is 0 Å². The number of allylic oxidation sites excluding steroid dienone is 1. The van der Waals surface area contributed by atoms with Crippen LogP contribution in [0.3, 0.4) is 0 Å². The van der Waals surface area contributed by atoms with Gasteiger partial charge in [0.25, 0.3) is 17.4 Å². The molecule has 14 nitrogen and oxygen atoms in total. The quantitative estimate of drug-likeness (QED) is 0.0925. The average molecular weight is 778 g/mol. The number of aryl methyl sites for hydroxylation is 1. The molecule has 0 saturated carbocycles. The van der Waals surface area contributed by atoms with Crippen molar-refractivity contribution in [3.05, 3.63) is 94.3 Å². The number of carbonyl (C=O) groups is 4. The fourth-order valence-electron chi connectivity index (χ4n) is 7.61. The molecule has 57 heavy (non-hydrogen) atoms. The molecule has 2 aromatic heterocycles. The van der Waals surface area contributed by atoms with Crippen molar-refractivity contribution < 1.29 is 28.7 Å². The second-order valence-electron chi connectivity index (χ2n) is 14.7. The highest BCUT2D eigenvalue weighted by molar-refractivity contribution is 6.25. The first-order valence-corrected chi connectivity index (χ1v) is 19.4. The van der Waals surface area contributed by atoms with Crippen molar-refractivity contribution in [2.45, 2.75) is 64.0 Å². The van der Waals surface area contributed by atoms with Gasteiger partial charge in [-0.05, 0) is 74.0 Å². The van der Waals surface area contributed by atoms with Gasteiger partial charge in [0, 0.05) is 62.2 Å². The summed E-state index contributed by atoms with van der Waals surface area (Å²) in [5.74, 6) is -0.0935. The Labute approximate surface area is 332 Å². The minimum Gasteiger partial charge on any atom is -0.496 e. The normalized spacial score (nSPS) is 15.2. The number of carbonyl (C=O) groups excluding carboxylic acids is 4. The standard InChI is InChI=1S/C43H51N7O7/c1-27-15-16-35(40(52)47-27)50-42(54)30-13-12-14-34(39(30)43(50)55)45-18-10-8-6-7-9-11-19-46-38(51)26-48(2)24-33-36(56-4)21-28(22-37(33)57-5)32-25-49(3)41(53)31-23-44-20-17-29(31)32/h12-14,17,20-23,25,35,45H,1,6-11,15-16,18-19,24,26H2,2-5H3,(H,46,51)(H,47,52). The first kappa shape index (κ1) is 40.6. The lowest BCUT2D eigenvalue weighted by Gasteiger charge is -2.29. The number of imide groups is 1. The molecule has 1 unspecified atom stereocenters. The van der Waals surface area contributed by atoms with Crippen molar-refractivity contribution >= 4 is 40.1 Å². The van der Waals surface area contributed by atoms with E-state index >= 15 is 0 Å². The minimum atomic E-state index is -0.837. The third-order valence-corrected chi connectivity index (χ3v) is 10.6. The Bertz CT molecular complexity index is 2230. The number of rotatable bonds is 18. The van der Waals surface area contributed by atoms with Gasteiger partial charge in [0.15, 0.2) is 0 Å². The molecule has 2 aliphatic heterocycles. The van der Waals surface area contributed by atoms with Crippen molar-refractivity contribution in [3.8, 4) is 22.6 Å². The van der Waals surface area contributed by atoms with E-state index in [9.17, 15) is 24.0 Å². The number of anilines is 1. The summed E-state index contributed by atoms with van der Waals surface area (Å²) in [5.41, 5.74) is 4.21. The van der Waals surface area contributed by atoms with Crippen molar-refractivity contribution in [3.63, 3.8) is 0 Å². The van der Waals surface area contributed by atoms with Crippen LogP contribution in [-0.2, 0) is 23.2 Å². The van der Waals surface area contributed by atoms with Crippen molar-refractivity contribution in [1.82, 2.24) is 30.0 Å². The molecular weight excluding hydrogens is 727 g/mol. The molecule has 300 valence electrons. The third-order valence-electron chi connectivity index (χ3n) is 10.6. The molecule has 6 rings (SSSR count). The molecule has 2 aliphatic rings. The number of unbranched alkanes of at least 4 members (excludes halogenated alkanes) is 5. The van der Waals surface area contributed by atoms with E-state index in [1.807, 2.05) is 30.1 Å². The molecule has 4 amide bonds. The van der Waals surface area contributed by atoms with Crippen LogP contribution in [0.15, 0.2) is 72.1 Å². The van der Waals surface area contributed by atoms with Crippen LogP contribution in [-0.4, -0.2) is 89.9 Å². The van der Waals surface area contributed by atoms with E-state index in [0.29, 0.717) is 71.9 Å². The second-order valence-corrected chi connectivity index (χ2v) is 14.7. The van der Waals surface area contributed by atoms with Crippen molar-refractivity contribution in [2.24, 2.45) is 7.05 Å². The second kappa shape index (κ2) is 18.3. The van der Waals surface area contributed by atoms with Gasteiger partial charge in [-0.1, -0.05) is 38.3 Å². The number of hydrogen-bond acceptors (Lipinski definition) is 10. The molecule has 1 atom stereocenters. The van der Waals surface area contributed by atoms with Gasteiger partial charge in [0.2, 0.25) is 11.8 Å². The van der Waals surface area contributed by atoms with Crippen LogP contribution in [0.2, 0.25) is 0 Å². The number of ether oxygens (including phenoxy) is 2. The zero-order chi connectivity index (χ0) is 40.6. The topological polar surface area (TPSA) is 164 Å². The van der Waals surface area contributed by atoms with Crippen LogP contribution >= 0.6 is 0 Å². The lowest BCUT2D eigenvalue weighted by molar-refractivity contribution is -0.125. The van der Waals surface area contributed by atoms with Crippen LogP contribution in [0, 0.1) is 0 Å². The van der Waals surface area contributed by atoms with E-state index in [-0.39, 0.29) is 23.9 Å². The molecule has 0 bridgehead atoms. The zero-order valence-corrected chi connectivity index (χ0v) is 33.1. The number of hydrogen-bond donors (Lipinski definition) is 3. The summed E-state index contributed by atoms with van der Waals surface area (Å²) in [6, 6.07) is 10.0. The molecular formula is C43H51N7O7. The SMILES string of the molecule is C=C1CCC(N2C(=O)c3cccc(NCCCCCCCCNC(=O)CN(C)Cc4c(OC)cc(-c5cn(C)c(=O)c6cnccc56)cc4OC)c3C2=O)C(=O)N1. The van der Waals surface area contributed by atoms with E-state index in [0.717, 1.165) is 65.5 Å². The fraction of sp³-hybridized carbons (Fsp3) is 0.395. The van der Waals surface area contributed by atoms with Gasteiger partial charge in [0.05, 0.1) is 42.8 Å². The number of likely N-dealkylation sites (N-methyl/N-ethyl adjacent to an activating group) is 1. The number of pyridine rings is 2. The molecule has 0 radical (unpaired) electrons. The number of nitrogens with one attached hydrogen (secondary N) is 3. The Balaban J connectivity index is 0.901. The van der Waals surface area contributed by atoms with Crippen LogP contribution in [0.4, 0.5) is 5.69 Å². The summed E-state index contributed by atoms with van der Waals surface area (Å²) in [6.07, 6.45) is 11.8. The van der Waals surface area contributed by atoms with Crippen LogP contribution in [0.1, 0.15) is 77.6 Å². The molecule has 0 spiro atoms. The minimum absolute atomic E-state index is 0.0629. The number of nitrogens with zero attached hydrogens (tertiary/aromatic N) is 4. The Morgan fingerprint density at radius 3 is 2.35 bits per heavy atom. The molecule has 0 aliphatic carbocycles. The average Bonchev–Trinajstić information content (AvgIpc) is 3.45. The molecule has 4 aromatic rings. The highest BCUT2D eigenvalue weighted by atomic mass is 16.5. The van der Waals surface area contributed by atoms with Crippen LogP contribution in [0.5, 0.6) is 11.5 Å². The van der Waals surface area contributed by atoms with E-state index < -0.39 is 17.9 Å². The Kier molecular flexibility index (Phi) is 13.0. The maximum atomic E-state index is 13.3. The molecule has 1 saturated heterocycles. The fourth-order valence-corrected chi connectivity index (χ4v) is 7.61. The van der Waals surface area contributed by atoms with Gasteiger partial charge in [-0.25, -0.2) is 0 Å². The Morgan fingerprint density at radius 2 is 1.65 bits per heavy atom. The zero-order valence-electron chi connectivity index (χ0n) is 33.1. The molecule has 1 fully saturated rings. The number of amides is 4. The van der Waals surface area contributed by atoms with Gasteiger partial charge in [-0.15, -0.1) is 0 Å². The number of methoxy groups -OCH3 is 2. The number of aromatic nitrogens is 2. The smallest absolute Gasteiger partial charge is 0.264 e. The van der Waals surface area contributed by atoms with Crippen LogP contribution < -0.4 is 31.0 Å². The van der Waals surface area contributed by atoms with Gasteiger partial charge >= 0.3 is 0 Å². The summed E-state index contributed by atoms with van der Waals surface area (Å²) in [4.78, 5) is 71.7. The summed E-state index contributed by atoms with van der Waals surface area (Å²) < 4.78 is 13.1. The summed E-state index contributed by atoms with van der Waals surface area (Å²) in [7, 11) is 6.79. The highest BCUT2D eigenvalue weighted by Gasteiger charge is 2.45. The first-order valence-electron chi connectivity index (χ1n) is 19.4. The Morgan fingerprint density at radius 1 is 0.947 bits per heavy atom. The van der Waals surface area contributed by atoms with Crippen molar-refractivity contribution in [1.29, 1.82) is 0 Å². The van der Waals surface area contributed by atoms with E-state index in [1.54, 1.807) is 62.6 Å². The lowest BCUT2D eigenvalue weighted by atomic mass is 9.99. The Hall–Kier alpha value is -6.02. The highest BCUT2D eigenvalue weighted by Crippen LogP contribution is 2.38. The summed E-state index contributed by atoms with van der Waals surface area (Å²) >= 11 is 0. The largest absolute Gasteiger partial charge is 0.496 e. The third kappa shape index (κ3) is 9.01. The van der Waals surface area contributed by atoms with E-state index in [4.69, 9.17) is 9.47 Å². The van der Waals surface area contributed by atoms with Crippen molar-refractivity contribution in [2.75, 3.05) is 46.2 Å². The van der Waals surface area contributed by atoms with Gasteiger partial charge in [0.1, 0.15) is 17.5 Å². The number of benzene rings is 2. The number of piperidine rings is 1. The first-order chi connectivity index (χ1) is 27.5. The van der Waals surface area contributed by atoms with Gasteiger partial charge in [-0.3, -0.25) is 38.8 Å². The molecule has 14 heteroatoms. The monoisotopic (exact) mass is 777 g/mol. The van der Waals surface area contributed by atoms with Gasteiger partial charge in [-0.2, -0.15) is 0 Å². The molecule has 2 aromatic carbocycles. The summed E-state index contributed by atoms with van der Waals surface area (Å²) in [5, 5.41) is 10.3. The summed E-state index contributed by atoms with van der Waals surface area (Å²) in [6.45, 7) is 5.65. The van der Waals surface area contributed by atoms with Crippen LogP contribution in [0.25, 0.3) is 21.9 Å². The number of fused-ring (bicyclic) bond motifs is 2. The van der Waals surface area contributed by atoms with Gasteiger partial charge < -0.3 is 30.0 Å². The lowest BCUT2D eigenvalue weighted by Crippen LogP contribution is -2.51. The predicted octanol–water partition coefficient (Wildman–Crippen LogP) is 5.01.